The molecule has 1 N–H and O–H groups in total. The summed E-state index contributed by atoms with van der Waals surface area (Å²) in [6, 6.07) is 8.16. The van der Waals surface area contributed by atoms with Crippen LogP contribution in [0.25, 0.3) is 0 Å². The molecule has 0 aliphatic carbocycles. The minimum atomic E-state index is 0.301. The molecule has 0 bridgehead atoms. The quantitative estimate of drug-likeness (QED) is 0.663. The maximum absolute atomic E-state index is 5.82. The van der Waals surface area contributed by atoms with Gasteiger partial charge in [-0.2, -0.15) is 0 Å². The van der Waals surface area contributed by atoms with Crippen LogP contribution in [-0.4, -0.2) is 25.9 Å². The van der Waals surface area contributed by atoms with E-state index in [0.29, 0.717) is 25.2 Å². The van der Waals surface area contributed by atoms with Crippen molar-refractivity contribution < 1.29 is 9.47 Å². The lowest BCUT2D eigenvalue weighted by Gasteiger charge is -2.16. The van der Waals surface area contributed by atoms with Crippen LogP contribution in [-0.2, 0) is 11.3 Å². The van der Waals surface area contributed by atoms with E-state index in [1.807, 2.05) is 18.2 Å². The summed E-state index contributed by atoms with van der Waals surface area (Å²) >= 11 is 0. The smallest absolute Gasteiger partial charge is 0.123 e. The van der Waals surface area contributed by atoms with Crippen LogP contribution in [0.1, 0.15) is 39.7 Å². The molecule has 3 nitrogen and oxygen atoms in total. The monoisotopic (exact) mass is 279 g/mol. The summed E-state index contributed by atoms with van der Waals surface area (Å²) in [6.45, 7) is 11.7. The second-order valence-electron chi connectivity index (χ2n) is 5.55. The summed E-state index contributed by atoms with van der Waals surface area (Å²) < 4.78 is 11.6. The van der Waals surface area contributed by atoms with Gasteiger partial charge in [-0.3, -0.25) is 0 Å². The molecule has 1 rings (SSSR count). The number of para-hydroxylation sites is 1. The summed E-state index contributed by atoms with van der Waals surface area (Å²) in [6.07, 6.45) is 1.40. The predicted molar refractivity (Wildman–Crippen MR) is 84.2 cm³/mol. The molecular formula is C17H29NO2. The highest BCUT2D eigenvalue weighted by Gasteiger charge is 2.06. The minimum Gasteiger partial charge on any atom is -0.491 e. The molecular weight excluding hydrogens is 250 g/mol. The Bertz CT molecular complexity index is 366. The van der Waals surface area contributed by atoms with Crippen molar-refractivity contribution in [2.24, 2.45) is 5.92 Å². The molecule has 1 aromatic rings. The first-order valence-electron chi connectivity index (χ1n) is 7.66. The largest absolute Gasteiger partial charge is 0.491 e. The van der Waals surface area contributed by atoms with E-state index >= 15 is 0 Å². The molecule has 0 aliphatic heterocycles. The Morgan fingerprint density at radius 3 is 2.55 bits per heavy atom. The maximum atomic E-state index is 5.82. The summed E-state index contributed by atoms with van der Waals surface area (Å²) in [7, 11) is 0. The fourth-order valence-corrected chi connectivity index (χ4v) is 2.18. The predicted octanol–water partition coefficient (Wildman–Crippen LogP) is 3.63. The Kier molecular flexibility index (Phi) is 8.31. The zero-order chi connectivity index (χ0) is 14.8. The zero-order valence-corrected chi connectivity index (χ0v) is 13.3. The van der Waals surface area contributed by atoms with E-state index in [-0.39, 0.29) is 0 Å². The minimum absolute atomic E-state index is 0.301. The van der Waals surface area contributed by atoms with Crippen LogP contribution in [0, 0.1) is 5.92 Å². The van der Waals surface area contributed by atoms with Crippen molar-refractivity contribution in [2.45, 2.75) is 46.8 Å². The normalized spacial score (nSPS) is 12.7. The third-order valence-corrected chi connectivity index (χ3v) is 3.08. The molecule has 20 heavy (non-hydrogen) atoms. The molecule has 114 valence electrons. The lowest BCUT2D eigenvalue weighted by molar-refractivity contribution is 0.0329. The second kappa shape index (κ2) is 9.78. The molecule has 0 spiro atoms. The van der Waals surface area contributed by atoms with Crippen molar-refractivity contribution in [3.05, 3.63) is 29.8 Å². The van der Waals surface area contributed by atoms with E-state index in [9.17, 15) is 0 Å². The van der Waals surface area contributed by atoms with Crippen molar-refractivity contribution in [1.82, 2.24) is 5.32 Å². The van der Waals surface area contributed by atoms with E-state index in [0.717, 1.165) is 25.3 Å². The van der Waals surface area contributed by atoms with Gasteiger partial charge in [-0.15, -0.1) is 0 Å². The topological polar surface area (TPSA) is 30.5 Å². The summed E-state index contributed by atoms with van der Waals surface area (Å²) in [5.74, 6) is 1.63. The van der Waals surface area contributed by atoms with Gasteiger partial charge in [0, 0.05) is 12.1 Å². The van der Waals surface area contributed by atoms with Crippen LogP contribution in [0.5, 0.6) is 5.75 Å². The van der Waals surface area contributed by atoms with Crippen LogP contribution in [0.2, 0.25) is 0 Å². The standard InChI is InChI=1S/C17H29NO2/c1-5-18-13-16-8-6-7-9-17(16)20-11-10-19-15(4)12-14(2)3/h6-9,14-15,18H,5,10-13H2,1-4H3. The molecule has 0 amide bonds. The molecule has 0 fully saturated rings. The highest BCUT2D eigenvalue weighted by atomic mass is 16.5. The Hall–Kier alpha value is -1.06. The van der Waals surface area contributed by atoms with Crippen molar-refractivity contribution in [3.63, 3.8) is 0 Å². The summed E-state index contributed by atoms with van der Waals surface area (Å²) in [5, 5.41) is 3.32. The molecule has 0 saturated heterocycles. The van der Waals surface area contributed by atoms with Gasteiger partial charge in [0.15, 0.2) is 0 Å². The number of hydrogen-bond donors (Lipinski definition) is 1. The van der Waals surface area contributed by atoms with Gasteiger partial charge >= 0.3 is 0 Å². The third-order valence-electron chi connectivity index (χ3n) is 3.08. The molecule has 1 aromatic carbocycles. The lowest BCUT2D eigenvalue weighted by Crippen LogP contribution is -2.17. The zero-order valence-electron chi connectivity index (χ0n) is 13.3. The number of nitrogens with one attached hydrogen (secondary N) is 1. The molecule has 0 aromatic heterocycles. The van der Waals surface area contributed by atoms with Crippen molar-refractivity contribution >= 4 is 0 Å². The third kappa shape index (κ3) is 6.92. The summed E-state index contributed by atoms with van der Waals surface area (Å²) in [5.41, 5.74) is 1.20. The average Bonchev–Trinajstić information content (AvgIpc) is 2.41. The van der Waals surface area contributed by atoms with Crippen LogP contribution in [0.15, 0.2) is 24.3 Å². The Labute approximate surface area is 123 Å². The lowest BCUT2D eigenvalue weighted by atomic mass is 10.1. The van der Waals surface area contributed by atoms with Gasteiger partial charge in [-0.1, -0.05) is 39.0 Å². The number of ether oxygens (including phenoxy) is 2. The average molecular weight is 279 g/mol. The van der Waals surface area contributed by atoms with Gasteiger partial charge in [0.25, 0.3) is 0 Å². The number of benzene rings is 1. The first kappa shape index (κ1) is 17.0. The van der Waals surface area contributed by atoms with Crippen molar-refractivity contribution in [2.75, 3.05) is 19.8 Å². The van der Waals surface area contributed by atoms with Crippen LogP contribution in [0.3, 0.4) is 0 Å². The second-order valence-corrected chi connectivity index (χ2v) is 5.55. The van der Waals surface area contributed by atoms with Gasteiger partial charge in [0.1, 0.15) is 12.4 Å². The van der Waals surface area contributed by atoms with E-state index in [2.05, 4.69) is 39.1 Å². The van der Waals surface area contributed by atoms with Gasteiger partial charge < -0.3 is 14.8 Å². The summed E-state index contributed by atoms with van der Waals surface area (Å²) in [4.78, 5) is 0. The number of hydrogen-bond acceptors (Lipinski definition) is 3. The van der Waals surface area contributed by atoms with Crippen LogP contribution in [0.4, 0.5) is 0 Å². The van der Waals surface area contributed by atoms with E-state index in [1.165, 1.54) is 5.56 Å². The Morgan fingerprint density at radius 1 is 1.10 bits per heavy atom. The SMILES string of the molecule is CCNCc1ccccc1OCCOC(C)CC(C)C. The molecule has 3 heteroatoms. The highest BCUT2D eigenvalue weighted by molar-refractivity contribution is 5.33. The van der Waals surface area contributed by atoms with Crippen molar-refractivity contribution in [3.8, 4) is 5.75 Å². The highest BCUT2D eigenvalue weighted by Crippen LogP contribution is 2.17. The fraction of sp³-hybridized carbons (Fsp3) is 0.647. The van der Waals surface area contributed by atoms with Gasteiger partial charge in [0.2, 0.25) is 0 Å². The van der Waals surface area contributed by atoms with Gasteiger partial charge in [-0.25, -0.2) is 0 Å². The van der Waals surface area contributed by atoms with E-state index < -0.39 is 0 Å². The van der Waals surface area contributed by atoms with E-state index in [4.69, 9.17) is 9.47 Å². The first-order valence-corrected chi connectivity index (χ1v) is 7.66. The van der Waals surface area contributed by atoms with Gasteiger partial charge in [-0.05, 0) is 31.9 Å². The number of rotatable bonds is 10. The van der Waals surface area contributed by atoms with E-state index in [1.54, 1.807) is 0 Å². The maximum Gasteiger partial charge on any atom is 0.123 e. The molecule has 1 atom stereocenters. The van der Waals surface area contributed by atoms with Crippen LogP contribution < -0.4 is 10.1 Å². The van der Waals surface area contributed by atoms with Crippen molar-refractivity contribution in [1.29, 1.82) is 0 Å². The molecule has 0 saturated carbocycles. The molecule has 0 heterocycles. The Morgan fingerprint density at radius 2 is 1.85 bits per heavy atom. The van der Waals surface area contributed by atoms with Crippen LogP contribution >= 0.6 is 0 Å². The fourth-order valence-electron chi connectivity index (χ4n) is 2.18. The first-order chi connectivity index (χ1) is 9.63. The molecule has 1 unspecified atom stereocenters. The molecule has 0 radical (unpaired) electrons. The van der Waals surface area contributed by atoms with Gasteiger partial charge in [0.05, 0.1) is 12.7 Å². The molecule has 0 aliphatic rings. The Balaban J connectivity index is 2.31.